The third-order valence-corrected chi connectivity index (χ3v) is 5.96. The molecule has 0 fully saturated rings. The number of hydrogen-bond acceptors (Lipinski definition) is 6. The molecule has 1 aromatic rings. The summed E-state index contributed by atoms with van der Waals surface area (Å²) < 4.78 is 5.36. The standard InChI is InChI=1S/C28H46N4O6/c1-11-28(9,10)32(24(36)19(13-15-21(29)34)30-25(37)38-27(6,7)8)22(23(35)31-26(3,4)5)18-12-14-20(33)17(2)16-18/h12,14,16,19,22,33H,11,13,15H2,1-10H3,(H2,29,34)(H,30,37)(H,31,35). The number of carbonyl (C=O) groups is 4. The summed E-state index contributed by atoms with van der Waals surface area (Å²) >= 11 is 0. The average Bonchev–Trinajstić information content (AvgIpc) is 2.73. The van der Waals surface area contributed by atoms with Crippen molar-refractivity contribution in [3.8, 4) is 5.75 Å². The van der Waals surface area contributed by atoms with Crippen LogP contribution in [-0.4, -0.2) is 56.5 Å². The van der Waals surface area contributed by atoms with Crippen LogP contribution in [-0.2, 0) is 19.1 Å². The summed E-state index contributed by atoms with van der Waals surface area (Å²) in [5, 5.41) is 15.7. The Balaban J connectivity index is 3.74. The topological polar surface area (TPSA) is 151 Å². The molecule has 214 valence electrons. The number of nitrogens with zero attached hydrogens (tertiary/aromatic N) is 1. The molecule has 0 aliphatic carbocycles. The number of rotatable bonds is 10. The number of aryl methyl sites for hydroxylation is 1. The van der Waals surface area contributed by atoms with Gasteiger partial charge in [-0.05, 0) is 98.4 Å². The van der Waals surface area contributed by atoms with Crippen molar-refractivity contribution in [2.75, 3.05) is 0 Å². The monoisotopic (exact) mass is 534 g/mol. The van der Waals surface area contributed by atoms with E-state index < -0.39 is 52.6 Å². The highest BCUT2D eigenvalue weighted by Crippen LogP contribution is 2.34. The Hall–Kier alpha value is -3.30. The molecule has 1 rings (SSSR count). The zero-order valence-electron chi connectivity index (χ0n) is 24.5. The Kier molecular flexibility index (Phi) is 10.8. The van der Waals surface area contributed by atoms with Crippen molar-refractivity contribution in [3.05, 3.63) is 29.3 Å². The van der Waals surface area contributed by atoms with E-state index in [0.29, 0.717) is 17.5 Å². The molecule has 10 heteroatoms. The van der Waals surface area contributed by atoms with Crippen molar-refractivity contribution in [3.63, 3.8) is 0 Å². The van der Waals surface area contributed by atoms with E-state index in [2.05, 4.69) is 10.6 Å². The number of amides is 4. The second kappa shape index (κ2) is 12.5. The first-order chi connectivity index (χ1) is 17.2. The minimum atomic E-state index is -1.19. The Morgan fingerprint density at radius 1 is 1.05 bits per heavy atom. The number of hydrogen-bond donors (Lipinski definition) is 4. The number of nitrogens with two attached hydrogens (primary N) is 1. The summed E-state index contributed by atoms with van der Waals surface area (Å²) in [6.07, 6.45) is -0.592. The summed E-state index contributed by atoms with van der Waals surface area (Å²) in [5.74, 6) is -1.57. The number of phenols is 1. The van der Waals surface area contributed by atoms with Gasteiger partial charge in [0.1, 0.15) is 23.4 Å². The molecule has 38 heavy (non-hydrogen) atoms. The van der Waals surface area contributed by atoms with E-state index in [0.717, 1.165) is 0 Å². The first-order valence-corrected chi connectivity index (χ1v) is 12.9. The molecule has 0 saturated heterocycles. The SMILES string of the molecule is CCC(C)(C)N(C(=O)C(CCC(N)=O)NC(=O)OC(C)(C)C)C(C(=O)NC(C)(C)C)c1ccc(O)c(C)c1. The smallest absolute Gasteiger partial charge is 0.408 e. The second-order valence-electron chi connectivity index (χ2n) is 12.3. The molecule has 2 unspecified atom stereocenters. The molecule has 1 aromatic carbocycles. The van der Waals surface area contributed by atoms with Gasteiger partial charge in [-0.15, -0.1) is 0 Å². The van der Waals surface area contributed by atoms with Gasteiger partial charge in [0.25, 0.3) is 0 Å². The van der Waals surface area contributed by atoms with Crippen LogP contribution in [0.3, 0.4) is 0 Å². The number of carbonyl (C=O) groups excluding carboxylic acids is 4. The van der Waals surface area contributed by atoms with Gasteiger partial charge in [0.15, 0.2) is 0 Å². The van der Waals surface area contributed by atoms with Crippen molar-refractivity contribution in [2.45, 2.75) is 117 Å². The zero-order valence-corrected chi connectivity index (χ0v) is 24.5. The Labute approximate surface area is 226 Å². The van der Waals surface area contributed by atoms with Crippen LogP contribution in [0, 0.1) is 6.92 Å². The van der Waals surface area contributed by atoms with E-state index in [9.17, 15) is 24.3 Å². The largest absolute Gasteiger partial charge is 0.508 e. The maximum absolute atomic E-state index is 14.3. The highest BCUT2D eigenvalue weighted by Gasteiger charge is 2.43. The molecule has 5 N–H and O–H groups in total. The van der Waals surface area contributed by atoms with Gasteiger partial charge in [0.05, 0.1) is 0 Å². The van der Waals surface area contributed by atoms with Crippen LogP contribution >= 0.6 is 0 Å². The number of phenolic OH excluding ortho intramolecular Hbond substituents is 1. The van der Waals surface area contributed by atoms with Crippen LogP contribution in [0.5, 0.6) is 5.75 Å². The lowest BCUT2D eigenvalue weighted by Crippen LogP contribution is -2.60. The van der Waals surface area contributed by atoms with Crippen molar-refractivity contribution in [1.29, 1.82) is 0 Å². The van der Waals surface area contributed by atoms with Crippen LogP contribution < -0.4 is 16.4 Å². The summed E-state index contributed by atoms with van der Waals surface area (Å²) in [5.41, 5.74) is 4.11. The number of benzene rings is 1. The van der Waals surface area contributed by atoms with Gasteiger partial charge < -0.3 is 31.1 Å². The molecule has 0 radical (unpaired) electrons. The predicted molar refractivity (Wildman–Crippen MR) is 146 cm³/mol. The number of aromatic hydroxyl groups is 1. The number of primary amides is 1. The summed E-state index contributed by atoms with van der Waals surface area (Å²) in [4.78, 5) is 53.8. The lowest BCUT2D eigenvalue weighted by molar-refractivity contribution is -0.150. The fourth-order valence-corrected chi connectivity index (χ4v) is 3.81. The minimum Gasteiger partial charge on any atom is -0.508 e. The second-order valence-corrected chi connectivity index (χ2v) is 12.3. The molecule has 0 heterocycles. The van der Waals surface area contributed by atoms with Crippen molar-refractivity contribution < 1.29 is 29.0 Å². The summed E-state index contributed by atoms with van der Waals surface area (Å²) in [7, 11) is 0. The average molecular weight is 535 g/mol. The Morgan fingerprint density at radius 3 is 2.08 bits per heavy atom. The molecule has 4 amide bonds. The van der Waals surface area contributed by atoms with Crippen LogP contribution in [0.15, 0.2) is 18.2 Å². The molecule has 0 spiro atoms. The van der Waals surface area contributed by atoms with Gasteiger partial charge in [0, 0.05) is 17.5 Å². The maximum Gasteiger partial charge on any atom is 0.408 e. The molecular formula is C28H46N4O6. The normalized spacial score (nSPS) is 13.7. The third-order valence-electron chi connectivity index (χ3n) is 5.96. The Bertz CT molecular complexity index is 1020. The number of ether oxygens (including phenoxy) is 1. The van der Waals surface area contributed by atoms with Gasteiger partial charge in [-0.25, -0.2) is 4.79 Å². The molecule has 0 aliphatic rings. The lowest BCUT2D eigenvalue weighted by atomic mass is 9.90. The van der Waals surface area contributed by atoms with Crippen molar-refractivity contribution in [1.82, 2.24) is 15.5 Å². The third kappa shape index (κ3) is 9.87. The van der Waals surface area contributed by atoms with E-state index in [1.807, 2.05) is 41.5 Å². The van der Waals surface area contributed by atoms with Crippen LogP contribution in [0.25, 0.3) is 0 Å². The highest BCUT2D eigenvalue weighted by molar-refractivity contribution is 5.93. The van der Waals surface area contributed by atoms with Crippen molar-refractivity contribution in [2.24, 2.45) is 5.73 Å². The molecule has 0 bridgehead atoms. The van der Waals surface area contributed by atoms with Gasteiger partial charge in [-0.1, -0.05) is 13.0 Å². The van der Waals surface area contributed by atoms with Gasteiger partial charge in [-0.2, -0.15) is 0 Å². The molecule has 10 nitrogen and oxygen atoms in total. The molecule has 2 atom stereocenters. The van der Waals surface area contributed by atoms with E-state index in [1.165, 1.54) is 11.0 Å². The summed E-state index contributed by atoms with van der Waals surface area (Å²) in [6.45, 7) is 17.8. The van der Waals surface area contributed by atoms with Crippen LogP contribution in [0.4, 0.5) is 4.79 Å². The van der Waals surface area contributed by atoms with Crippen LogP contribution in [0.1, 0.15) is 98.7 Å². The van der Waals surface area contributed by atoms with E-state index >= 15 is 0 Å². The molecule has 0 aromatic heterocycles. The lowest BCUT2D eigenvalue weighted by Gasteiger charge is -2.45. The molecular weight excluding hydrogens is 488 g/mol. The van der Waals surface area contributed by atoms with Gasteiger partial charge in [0.2, 0.25) is 17.7 Å². The molecule has 0 saturated carbocycles. The number of nitrogens with one attached hydrogen (secondary N) is 2. The highest BCUT2D eigenvalue weighted by atomic mass is 16.6. The maximum atomic E-state index is 14.3. The van der Waals surface area contributed by atoms with E-state index in [4.69, 9.17) is 10.5 Å². The first kappa shape index (κ1) is 32.7. The first-order valence-electron chi connectivity index (χ1n) is 12.9. The minimum absolute atomic E-state index is 0.0577. The number of alkyl carbamates (subject to hydrolysis) is 1. The van der Waals surface area contributed by atoms with Gasteiger partial charge in [-0.3, -0.25) is 14.4 Å². The fraction of sp³-hybridized carbons (Fsp3) is 0.643. The predicted octanol–water partition coefficient (Wildman–Crippen LogP) is 3.83. The van der Waals surface area contributed by atoms with Crippen LogP contribution in [0.2, 0.25) is 0 Å². The molecule has 0 aliphatic heterocycles. The quantitative estimate of drug-likeness (QED) is 0.358. The van der Waals surface area contributed by atoms with E-state index in [1.54, 1.807) is 39.8 Å². The van der Waals surface area contributed by atoms with Crippen molar-refractivity contribution >= 4 is 23.8 Å². The van der Waals surface area contributed by atoms with E-state index in [-0.39, 0.29) is 18.6 Å². The zero-order chi connectivity index (χ0) is 29.6. The Morgan fingerprint density at radius 2 is 1.63 bits per heavy atom. The fourth-order valence-electron chi connectivity index (χ4n) is 3.81. The summed E-state index contributed by atoms with van der Waals surface area (Å²) in [6, 6.07) is 2.45. The van der Waals surface area contributed by atoms with Gasteiger partial charge >= 0.3 is 6.09 Å².